The number of amides is 1. The number of halogens is 1. The number of sulfone groups is 1. The van der Waals surface area contributed by atoms with Crippen LogP contribution in [0.2, 0.25) is 0 Å². The van der Waals surface area contributed by atoms with Gasteiger partial charge in [-0.25, -0.2) is 17.8 Å². The van der Waals surface area contributed by atoms with E-state index in [-0.39, 0.29) is 34.6 Å². The van der Waals surface area contributed by atoms with E-state index in [0.29, 0.717) is 16.8 Å². The lowest BCUT2D eigenvalue weighted by Crippen LogP contribution is -2.22. The summed E-state index contributed by atoms with van der Waals surface area (Å²) >= 11 is 0. The molecular formula is C22H19FN4O4S. The number of pyridine rings is 1. The van der Waals surface area contributed by atoms with Gasteiger partial charge in [0.15, 0.2) is 5.65 Å². The van der Waals surface area contributed by atoms with E-state index < -0.39 is 15.7 Å². The summed E-state index contributed by atoms with van der Waals surface area (Å²) in [4.78, 5) is 16.5. The van der Waals surface area contributed by atoms with Crippen molar-refractivity contribution in [1.29, 1.82) is 0 Å². The molecule has 8 nitrogen and oxygen atoms in total. The van der Waals surface area contributed by atoms with Gasteiger partial charge in [0, 0.05) is 24.2 Å². The van der Waals surface area contributed by atoms with Crippen LogP contribution in [0, 0.1) is 5.82 Å². The highest BCUT2D eigenvalue weighted by atomic mass is 32.2. The van der Waals surface area contributed by atoms with Crippen LogP contribution < -0.4 is 10.1 Å². The largest absolute Gasteiger partial charge is 0.492 e. The first-order valence-corrected chi connectivity index (χ1v) is 11.2. The molecule has 2 aromatic heterocycles. The molecule has 2 aromatic carbocycles. The van der Waals surface area contributed by atoms with Crippen LogP contribution in [-0.4, -0.2) is 36.1 Å². The van der Waals surface area contributed by atoms with Crippen molar-refractivity contribution in [2.45, 2.75) is 23.3 Å². The van der Waals surface area contributed by atoms with Gasteiger partial charge in [-0.15, -0.1) is 0 Å². The van der Waals surface area contributed by atoms with Crippen molar-refractivity contribution in [2.75, 3.05) is 6.61 Å². The SMILES string of the molecule is CCOc1cc(F)ccc1S(=O)(=O)c1ccc(CNC(=O)c2cnc3[nH]ncc3c2)cc1. The van der Waals surface area contributed by atoms with Crippen LogP contribution in [0.25, 0.3) is 11.0 Å². The summed E-state index contributed by atoms with van der Waals surface area (Å²) in [6, 6.07) is 11.1. The molecule has 4 rings (SSSR count). The normalized spacial score (nSPS) is 11.4. The number of nitrogens with zero attached hydrogens (tertiary/aromatic N) is 2. The lowest BCUT2D eigenvalue weighted by Gasteiger charge is -2.12. The van der Waals surface area contributed by atoms with E-state index in [9.17, 15) is 17.6 Å². The summed E-state index contributed by atoms with van der Waals surface area (Å²) in [6.07, 6.45) is 3.03. The smallest absolute Gasteiger partial charge is 0.253 e. The summed E-state index contributed by atoms with van der Waals surface area (Å²) < 4.78 is 44.8. The minimum atomic E-state index is -3.91. The predicted octanol–water partition coefficient (Wildman–Crippen LogP) is 3.26. The Labute approximate surface area is 183 Å². The highest BCUT2D eigenvalue weighted by Gasteiger charge is 2.23. The van der Waals surface area contributed by atoms with Crippen LogP contribution in [0.15, 0.2) is 70.7 Å². The quantitative estimate of drug-likeness (QED) is 0.415. The fourth-order valence-electron chi connectivity index (χ4n) is 3.13. The minimum absolute atomic E-state index is 0.0351. The van der Waals surface area contributed by atoms with Gasteiger partial charge in [-0.2, -0.15) is 5.10 Å². The van der Waals surface area contributed by atoms with Crippen molar-refractivity contribution >= 4 is 26.8 Å². The molecule has 0 aliphatic carbocycles. The second kappa shape index (κ2) is 8.75. The van der Waals surface area contributed by atoms with E-state index in [4.69, 9.17) is 4.74 Å². The monoisotopic (exact) mass is 454 g/mol. The number of nitrogens with one attached hydrogen (secondary N) is 2. The molecular weight excluding hydrogens is 435 g/mol. The van der Waals surface area contributed by atoms with Gasteiger partial charge >= 0.3 is 0 Å². The average molecular weight is 454 g/mol. The Morgan fingerprint density at radius 1 is 1.12 bits per heavy atom. The number of rotatable bonds is 7. The molecule has 0 bridgehead atoms. The van der Waals surface area contributed by atoms with Crippen LogP contribution >= 0.6 is 0 Å². The number of fused-ring (bicyclic) bond motifs is 1. The van der Waals surface area contributed by atoms with Crippen LogP contribution in [-0.2, 0) is 16.4 Å². The summed E-state index contributed by atoms with van der Waals surface area (Å²) in [6.45, 7) is 2.09. The van der Waals surface area contributed by atoms with Crippen LogP contribution in [0.5, 0.6) is 5.75 Å². The van der Waals surface area contributed by atoms with Crippen molar-refractivity contribution < 1.29 is 22.3 Å². The maximum absolute atomic E-state index is 13.5. The lowest BCUT2D eigenvalue weighted by molar-refractivity contribution is 0.0950. The molecule has 0 atom stereocenters. The number of hydrogen-bond acceptors (Lipinski definition) is 6. The molecule has 0 radical (unpaired) electrons. The van der Waals surface area contributed by atoms with Crippen molar-refractivity contribution in [2.24, 2.45) is 0 Å². The van der Waals surface area contributed by atoms with Gasteiger partial charge in [0.1, 0.15) is 16.5 Å². The molecule has 2 heterocycles. The molecule has 4 aromatic rings. The van der Waals surface area contributed by atoms with Gasteiger partial charge in [0.2, 0.25) is 9.84 Å². The van der Waals surface area contributed by atoms with E-state index in [1.807, 2.05) is 0 Å². The number of hydrogen-bond donors (Lipinski definition) is 2. The number of benzene rings is 2. The molecule has 0 fully saturated rings. The Morgan fingerprint density at radius 2 is 1.91 bits per heavy atom. The second-order valence-electron chi connectivity index (χ2n) is 6.89. The number of H-pyrrole nitrogens is 1. The van der Waals surface area contributed by atoms with E-state index >= 15 is 0 Å². The molecule has 0 unspecified atom stereocenters. The first-order valence-electron chi connectivity index (χ1n) is 9.72. The predicted molar refractivity (Wildman–Crippen MR) is 115 cm³/mol. The summed E-state index contributed by atoms with van der Waals surface area (Å²) in [7, 11) is -3.91. The summed E-state index contributed by atoms with van der Waals surface area (Å²) in [5, 5.41) is 10.1. The molecule has 2 N–H and O–H groups in total. The zero-order chi connectivity index (χ0) is 22.7. The Balaban J connectivity index is 1.48. The molecule has 32 heavy (non-hydrogen) atoms. The van der Waals surface area contributed by atoms with Gasteiger partial charge < -0.3 is 10.1 Å². The van der Waals surface area contributed by atoms with E-state index in [1.165, 1.54) is 24.4 Å². The first kappa shape index (κ1) is 21.4. The average Bonchev–Trinajstić information content (AvgIpc) is 3.26. The highest BCUT2D eigenvalue weighted by molar-refractivity contribution is 7.91. The maximum Gasteiger partial charge on any atom is 0.253 e. The Hall–Kier alpha value is -3.79. The topological polar surface area (TPSA) is 114 Å². The molecule has 1 amide bonds. The van der Waals surface area contributed by atoms with Gasteiger partial charge in [-0.1, -0.05) is 12.1 Å². The summed E-state index contributed by atoms with van der Waals surface area (Å²) in [5.41, 5.74) is 1.68. The molecule has 0 spiro atoms. The third kappa shape index (κ3) is 4.30. The molecule has 0 saturated carbocycles. The number of ether oxygens (including phenoxy) is 1. The number of carbonyl (C=O) groups is 1. The third-order valence-electron chi connectivity index (χ3n) is 4.74. The maximum atomic E-state index is 13.5. The molecule has 0 aliphatic rings. The fourth-order valence-corrected chi connectivity index (χ4v) is 4.51. The molecule has 0 saturated heterocycles. The standard InChI is InChI=1S/C22H19FN4O4S/c1-2-31-19-10-17(23)5-8-20(19)32(29,30)18-6-3-14(4-7-18)11-25-22(28)16-9-15-13-26-27-21(15)24-12-16/h3-10,12-13H,2,11H2,1H3,(H,25,28)(H,24,26,27). The third-order valence-corrected chi connectivity index (χ3v) is 6.54. The van der Waals surface area contributed by atoms with Gasteiger partial charge in [-0.05, 0) is 42.8 Å². The Kier molecular flexibility index (Phi) is 5.87. The molecule has 0 aliphatic heterocycles. The lowest BCUT2D eigenvalue weighted by atomic mass is 10.2. The molecule has 10 heteroatoms. The first-order chi connectivity index (χ1) is 15.4. The Morgan fingerprint density at radius 3 is 2.66 bits per heavy atom. The summed E-state index contributed by atoms with van der Waals surface area (Å²) in [5.74, 6) is -0.933. The molecule has 164 valence electrons. The van der Waals surface area contributed by atoms with Crippen LogP contribution in [0.1, 0.15) is 22.8 Å². The van der Waals surface area contributed by atoms with Crippen LogP contribution in [0.3, 0.4) is 0 Å². The van der Waals surface area contributed by atoms with Gasteiger partial charge in [0.25, 0.3) is 5.91 Å². The van der Waals surface area contributed by atoms with Gasteiger partial charge in [-0.3, -0.25) is 9.89 Å². The van der Waals surface area contributed by atoms with Crippen molar-refractivity contribution in [3.8, 4) is 5.75 Å². The van der Waals surface area contributed by atoms with Gasteiger partial charge in [0.05, 0.1) is 23.3 Å². The highest BCUT2D eigenvalue weighted by Crippen LogP contribution is 2.30. The number of aromatic nitrogens is 3. The van der Waals surface area contributed by atoms with Crippen molar-refractivity contribution in [3.05, 3.63) is 77.9 Å². The zero-order valence-electron chi connectivity index (χ0n) is 17.0. The van der Waals surface area contributed by atoms with E-state index in [1.54, 1.807) is 31.3 Å². The van der Waals surface area contributed by atoms with E-state index in [2.05, 4.69) is 20.5 Å². The Bertz CT molecular complexity index is 1380. The number of carbonyl (C=O) groups excluding carboxylic acids is 1. The van der Waals surface area contributed by atoms with E-state index in [0.717, 1.165) is 17.5 Å². The minimum Gasteiger partial charge on any atom is -0.492 e. The van der Waals surface area contributed by atoms with Crippen molar-refractivity contribution in [1.82, 2.24) is 20.5 Å². The second-order valence-corrected chi connectivity index (χ2v) is 8.80. The van der Waals surface area contributed by atoms with Crippen LogP contribution in [0.4, 0.5) is 4.39 Å². The number of aromatic amines is 1. The fraction of sp³-hybridized carbons (Fsp3) is 0.136. The zero-order valence-corrected chi connectivity index (χ0v) is 17.8. The van der Waals surface area contributed by atoms with Crippen molar-refractivity contribution in [3.63, 3.8) is 0 Å².